The number of aromatic nitrogens is 2. The molecule has 0 aliphatic heterocycles. The highest BCUT2D eigenvalue weighted by atomic mass is 79.9. The van der Waals surface area contributed by atoms with E-state index in [4.69, 9.17) is 17.3 Å². The van der Waals surface area contributed by atoms with Gasteiger partial charge >= 0.3 is 0 Å². The van der Waals surface area contributed by atoms with Crippen molar-refractivity contribution in [1.29, 1.82) is 0 Å². The Bertz CT molecular complexity index is 542. The van der Waals surface area contributed by atoms with Crippen molar-refractivity contribution in [2.24, 2.45) is 5.73 Å². The number of halogens is 3. The van der Waals surface area contributed by atoms with E-state index < -0.39 is 0 Å². The first-order valence-electron chi connectivity index (χ1n) is 5.01. The van der Waals surface area contributed by atoms with Gasteiger partial charge in [-0.2, -0.15) is 0 Å². The van der Waals surface area contributed by atoms with Gasteiger partial charge in [-0.05, 0) is 40.7 Å². The van der Waals surface area contributed by atoms with Gasteiger partial charge in [0.1, 0.15) is 21.9 Å². The van der Waals surface area contributed by atoms with Crippen molar-refractivity contribution in [1.82, 2.24) is 9.97 Å². The summed E-state index contributed by atoms with van der Waals surface area (Å²) in [5, 5.41) is 0.469. The lowest BCUT2D eigenvalue weighted by Gasteiger charge is -2.00. The third-order valence-corrected chi connectivity index (χ3v) is 3.08. The molecule has 6 heteroatoms. The van der Waals surface area contributed by atoms with Crippen LogP contribution in [-0.4, -0.2) is 16.5 Å². The molecule has 90 valence electrons. The Kier molecular flexibility index (Phi) is 3.81. The first kappa shape index (κ1) is 12.5. The van der Waals surface area contributed by atoms with Crippen molar-refractivity contribution in [3.63, 3.8) is 0 Å². The zero-order valence-corrected chi connectivity index (χ0v) is 11.1. The van der Waals surface area contributed by atoms with Crippen LogP contribution >= 0.6 is 27.5 Å². The lowest BCUT2D eigenvalue weighted by molar-refractivity contribution is 0.630. The van der Waals surface area contributed by atoms with Crippen molar-refractivity contribution in [2.45, 2.75) is 6.42 Å². The van der Waals surface area contributed by atoms with Crippen LogP contribution in [0.1, 0.15) is 5.82 Å². The SMILES string of the molecule is NCCc1nc(-c2cc(Cl)ccc2F)c(Br)[nH]1. The van der Waals surface area contributed by atoms with Crippen LogP contribution < -0.4 is 5.73 Å². The molecule has 0 saturated carbocycles. The van der Waals surface area contributed by atoms with E-state index in [2.05, 4.69) is 25.9 Å². The molecule has 17 heavy (non-hydrogen) atoms. The molecule has 0 atom stereocenters. The average molecular weight is 319 g/mol. The number of imidazole rings is 1. The maximum Gasteiger partial charge on any atom is 0.132 e. The number of hydrogen-bond acceptors (Lipinski definition) is 2. The number of nitrogens with two attached hydrogens (primary N) is 1. The Morgan fingerprint density at radius 2 is 2.24 bits per heavy atom. The van der Waals surface area contributed by atoms with E-state index in [0.29, 0.717) is 39.7 Å². The highest BCUT2D eigenvalue weighted by Crippen LogP contribution is 2.30. The maximum absolute atomic E-state index is 13.7. The summed E-state index contributed by atoms with van der Waals surface area (Å²) in [6, 6.07) is 4.37. The fourth-order valence-corrected chi connectivity index (χ4v) is 2.21. The number of aromatic amines is 1. The normalized spacial score (nSPS) is 10.8. The number of rotatable bonds is 3. The van der Waals surface area contributed by atoms with Gasteiger partial charge in [0.2, 0.25) is 0 Å². The monoisotopic (exact) mass is 317 g/mol. The van der Waals surface area contributed by atoms with E-state index in [-0.39, 0.29) is 5.82 Å². The van der Waals surface area contributed by atoms with E-state index in [9.17, 15) is 4.39 Å². The van der Waals surface area contributed by atoms with Gasteiger partial charge in [0.05, 0.1) is 0 Å². The molecule has 2 aromatic rings. The fraction of sp³-hybridized carbons (Fsp3) is 0.182. The highest BCUT2D eigenvalue weighted by Gasteiger charge is 2.14. The molecule has 0 unspecified atom stereocenters. The van der Waals surface area contributed by atoms with Crippen LogP contribution in [0.25, 0.3) is 11.3 Å². The Hall–Kier alpha value is -0.910. The average Bonchev–Trinajstić information content (AvgIpc) is 2.64. The molecule has 2 rings (SSSR count). The van der Waals surface area contributed by atoms with Gasteiger partial charge in [-0.15, -0.1) is 0 Å². The van der Waals surface area contributed by atoms with Crippen LogP contribution in [0.5, 0.6) is 0 Å². The molecular formula is C11H10BrClFN3. The van der Waals surface area contributed by atoms with Crippen molar-refractivity contribution >= 4 is 27.5 Å². The molecule has 1 heterocycles. The zero-order chi connectivity index (χ0) is 12.4. The van der Waals surface area contributed by atoms with Crippen molar-refractivity contribution in [3.8, 4) is 11.3 Å². The van der Waals surface area contributed by atoms with Crippen molar-refractivity contribution < 1.29 is 4.39 Å². The van der Waals surface area contributed by atoms with E-state index in [1.165, 1.54) is 12.1 Å². The molecule has 0 bridgehead atoms. The molecule has 0 amide bonds. The third-order valence-electron chi connectivity index (χ3n) is 2.27. The Morgan fingerprint density at radius 1 is 1.47 bits per heavy atom. The number of nitrogens with one attached hydrogen (secondary N) is 1. The number of hydrogen-bond donors (Lipinski definition) is 2. The molecule has 0 fully saturated rings. The van der Waals surface area contributed by atoms with Crippen LogP contribution in [0, 0.1) is 5.82 Å². The predicted octanol–water partition coefficient (Wildman–Crippen LogP) is 3.13. The summed E-state index contributed by atoms with van der Waals surface area (Å²) in [6.07, 6.45) is 0.612. The number of benzene rings is 1. The Balaban J connectivity index is 2.48. The molecule has 0 aliphatic carbocycles. The minimum Gasteiger partial charge on any atom is -0.336 e. The van der Waals surface area contributed by atoms with Crippen LogP contribution in [0.4, 0.5) is 4.39 Å². The molecular weight excluding hydrogens is 308 g/mol. The zero-order valence-electron chi connectivity index (χ0n) is 8.80. The largest absolute Gasteiger partial charge is 0.336 e. The lowest BCUT2D eigenvalue weighted by atomic mass is 10.1. The minimum absolute atomic E-state index is 0.360. The van der Waals surface area contributed by atoms with Gasteiger partial charge in [0.25, 0.3) is 0 Å². The summed E-state index contributed by atoms with van der Waals surface area (Å²) in [6.45, 7) is 0.484. The molecule has 0 aliphatic rings. The van der Waals surface area contributed by atoms with Gasteiger partial charge in [-0.25, -0.2) is 9.37 Å². The predicted molar refractivity (Wildman–Crippen MR) is 69.5 cm³/mol. The lowest BCUT2D eigenvalue weighted by Crippen LogP contribution is -2.03. The fourth-order valence-electron chi connectivity index (χ4n) is 1.51. The second-order valence-corrected chi connectivity index (χ2v) is 4.74. The highest BCUT2D eigenvalue weighted by molar-refractivity contribution is 9.10. The summed E-state index contributed by atoms with van der Waals surface area (Å²) in [4.78, 5) is 7.30. The third kappa shape index (κ3) is 2.68. The maximum atomic E-state index is 13.7. The Morgan fingerprint density at radius 3 is 2.94 bits per heavy atom. The summed E-state index contributed by atoms with van der Waals surface area (Å²) in [5.41, 5.74) is 6.31. The molecule has 0 radical (unpaired) electrons. The van der Waals surface area contributed by atoms with Crippen LogP contribution in [0.15, 0.2) is 22.8 Å². The van der Waals surface area contributed by atoms with E-state index in [1.807, 2.05) is 0 Å². The molecule has 0 spiro atoms. The molecule has 3 nitrogen and oxygen atoms in total. The summed E-state index contributed by atoms with van der Waals surface area (Å²) < 4.78 is 14.3. The smallest absolute Gasteiger partial charge is 0.132 e. The Labute approximate surface area is 111 Å². The summed E-state index contributed by atoms with van der Waals surface area (Å²) in [5.74, 6) is 0.356. The van der Waals surface area contributed by atoms with Crippen molar-refractivity contribution in [3.05, 3.63) is 39.5 Å². The first-order chi connectivity index (χ1) is 8.11. The molecule has 1 aromatic carbocycles. The van der Waals surface area contributed by atoms with Crippen LogP contribution in [0.3, 0.4) is 0 Å². The number of H-pyrrole nitrogens is 1. The number of nitrogens with zero attached hydrogens (tertiary/aromatic N) is 1. The van der Waals surface area contributed by atoms with Crippen LogP contribution in [-0.2, 0) is 6.42 Å². The van der Waals surface area contributed by atoms with E-state index in [0.717, 1.165) is 0 Å². The van der Waals surface area contributed by atoms with E-state index in [1.54, 1.807) is 6.07 Å². The van der Waals surface area contributed by atoms with Gasteiger partial charge in [-0.3, -0.25) is 0 Å². The second kappa shape index (κ2) is 5.16. The topological polar surface area (TPSA) is 54.7 Å². The van der Waals surface area contributed by atoms with E-state index >= 15 is 0 Å². The first-order valence-corrected chi connectivity index (χ1v) is 6.18. The van der Waals surface area contributed by atoms with Gasteiger partial charge < -0.3 is 10.7 Å². The molecule has 1 aromatic heterocycles. The van der Waals surface area contributed by atoms with Gasteiger partial charge in [-0.1, -0.05) is 11.6 Å². The van der Waals surface area contributed by atoms with Gasteiger partial charge in [0.15, 0.2) is 0 Å². The van der Waals surface area contributed by atoms with Gasteiger partial charge in [0, 0.05) is 17.0 Å². The standard InChI is InChI=1S/C11H10BrClFN3/c12-11-10(16-9(17-11)3-4-15)7-5-6(13)1-2-8(7)14/h1-2,5H,3-4,15H2,(H,16,17). The summed E-state index contributed by atoms with van der Waals surface area (Å²) in [7, 11) is 0. The quantitative estimate of drug-likeness (QED) is 0.913. The summed E-state index contributed by atoms with van der Waals surface area (Å²) >= 11 is 9.16. The van der Waals surface area contributed by atoms with Crippen LogP contribution in [0.2, 0.25) is 5.02 Å². The molecule has 0 saturated heterocycles. The minimum atomic E-state index is -0.360. The molecule has 3 N–H and O–H groups in total. The van der Waals surface area contributed by atoms with Crippen molar-refractivity contribution in [2.75, 3.05) is 6.54 Å². The second-order valence-electron chi connectivity index (χ2n) is 3.51.